The zero-order valence-electron chi connectivity index (χ0n) is 13.1. The summed E-state index contributed by atoms with van der Waals surface area (Å²) in [4.78, 5) is 14.5. The average molecular weight is 334 g/mol. The van der Waals surface area contributed by atoms with Crippen molar-refractivity contribution in [1.82, 2.24) is 10.2 Å². The van der Waals surface area contributed by atoms with Crippen molar-refractivity contribution < 1.29 is 9.53 Å². The first-order chi connectivity index (χ1) is 11.2. The predicted molar refractivity (Wildman–Crippen MR) is 91.1 cm³/mol. The number of halogens is 1. The van der Waals surface area contributed by atoms with E-state index in [9.17, 15) is 4.79 Å². The van der Waals surface area contributed by atoms with E-state index >= 15 is 0 Å². The molecule has 1 N–H and O–H groups in total. The van der Waals surface area contributed by atoms with Crippen LogP contribution in [0.3, 0.4) is 0 Å². The minimum atomic E-state index is -0.360. The van der Waals surface area contributed by atoms with Crippen molar-refractivity contribution in [3.05, 3.63) is 35.0 Å². The Balaban J connectivity index is 2.04. The Labute approximate surface area is 140 Å². The molecule has 122 valence electrons. The number of carbonyl (C=O) groups excluding carboxylic acids is 1. The van der Waals surface area contributed by atoms with E-state index in [1.807, 2.05) is 24.3 Å². The van der Waals surface area contributed by atoms with Gasteiger partial charge in [-0.1, -0.05) is 23.7 Å². The van der Waals surface area contributed by atoms with Gasteiger partial charge in [-0.25, -0.2) is 4.79 Å². The number of hydrogen-bond acceptors (Lipinski definition) is 4. The molecule has 0 unspecified atom stereocenters. The SMILES string of the molecule is CCOC(=O)c1[nH]nc(-c2ccc(Cl)cc2)c1N1CCCCC1. The van der Waals surface area contributed by atoms with Crippen LogP contribution in [0.5, 0.6) is 0 Å². The smallest absolute Gasteiger partial charge is 0.358 e. The van der Waals surface area contributed by atoms with Crippen LogP contribution >= 0.6 is 11.6 Å². The number of hydrogen-bond donors (Lipinski definition) is 1. The van der Waals surface area contributed by atoms with Gasteiger partial charge >= 0.3 is 5.97 Å². The lowest BCUT2D eigenvalue weighted by molar-refractivity contribution is 0.0520. The van der Waals surface area contributed by atoms with E-state index in [-0.39, 0.29) is 5.97 Å². The minimum Gasteiger partial charge on any atom is -0.461 e. The van der Waals surface area contributed by atoms with Gasteiger partial charge in [-0.15, -0.1) is 0 Å². The van der Waals surface area contributed by atoms with Gasteiger partial charge in [-0.2, -0.15) is 5.10 Å². The van der Waals surface area contributed by atoms with Crippen molar-refractivity contribution in [3.8, 4) is 11.3 Å². The molecule has 2 heterocycles. The number of piperidine rings is 1. The maximum Gasteiger partial charge on any atom is 0.358 e. The normalized spacial score (nSPS) is 14.8. The lowest BCUT2D eigenvalue weighted by atomic mass is 10.1. The van der Waals surface area contributed by atoms with E-state index in [1.54, 1.807) is 6.92 Å². The molecule has 5 nitrogen and oxygen atoms in total. The molecule has 0 bridgehead atoms. The summed E-state index contributed by atoms with van der Waals surface area (Å²) < 4.78 is 5.17. The molecule has 1 aromatic heterocycles. The molecule has 6 heteroatoms. The van der Waals surface area contributed by atoms with Crippen LogP contribution in [0.2, 0.25) is 5.02 Å². The summed E-state index contributed by atoms with van der Waals surface area (Å²) in [6, 6.07) is 7.49. The second-order valence-electron chi connectivity index (χ2n) is 5.57. The average Bonchev–Trinajstić information content (AvgIpc) is 3.01. The number of rotatable bonds is 4. The molecule has 1 aliphatic heterocycles. The van der Waals surface area contributed by atoms with Crippen LogP contribution in [0, 0.1) is 0 Å². The monoisotopic (exact) mass is 333 g/mol. The minimum absolute atomic E-state index is 0.341. The molecule has 1 aliphatic rings. The highest BCUT2D eigenvalue weighted by Gasteiger charge is 2.26. The fraction of sp³-hybridized carbons (Fsp3) is 0.412. The Morgan fingerprint density at radius 3 is 2.61 bits per heavy atom. The van der Waals surface area contributed by atoms with Gasteiger partial charge < -0.3 is 9.64 Å². The van der Waals surface area contributed by atoms with Crippen molar-refractivity contribution in [1.29, 1.82) is 0 Å². The Morgan fingerprint density at radius 1 is 1.26 bits per heavy atom. The van der Waals surface area contributed by atoms with Gasteiger partial charge in [0.25, 0.3) is 0 Å². The third-order valence-corrected chi connectivity index (χ3v) is 4.26. The Hall–Kier alpha value is -2.01. The quantitative estimate of drug-likeness (QED) is 0.862. The van der Waals surface area contributed by atoms with E-state index in [4.69, 9.17) is 16.3 Å². The fourth-order valence-electron chi connectivity index (χ4n) is 2.92. The molecule has 0 spiro atoms. The molecule has 0 saturated carbocycles. The van der Waals surface area contributed by atoms with Crippen molar-refractivity contribution in [2.75, 3.05) is 24.6 Å². The molecule has 0 amide bonds. The van der Waals surface area contributed by atoms with Crippen molar-refractivity contribution in [2.24, 2.45) is 0 Å². The first-order valence-corrected chi connectivity index (χ1v) is 8.35. The zero-order chi connectivity index (χ0) is 16.2. The van der Waals surface area contributed by atoms with Gasteiger partial charge in [0.15, 0.2) is 5.69 Å². The highest BCUT2D eigenvalue weighted by atomic mass is 35.5. The van der Waals surface area contributed by atoms with Crippen molar-refractivity contribution in [2.45, 2.75) is 26.2 Å². The first-order valence-electron chi connectivity index (χ1n) is 7.97. The van der Waals surface area contributed by atoms with Gasteiger partial charge in [0.1, 0.15) is 5.69 Å². The van der Waals surface area contributed by atoms with Gasteiger partial charge in [-0.3, -0.25) is 5.10 Å². The van der Waals surface area contributed by atoms with Crippen LogP contribution in [0.1, 0.15) is 36.7 Å². The summed E-state index contributed by atoms with van der Waals surface area (Å²) in [5.74, 6) is -0.360. The van der Waals surface area contributed by atoms with Crippen molar-refractivity contribution in [3.63, 3.8) is 0 Å². The number of ether oxygens (including phenoxy) is 1. The number of nitrogens with one attached hydrogen (secondary N) is 1. The first kappa shape index (κ1) is 15.9. The highest BCUT2D eigenvalue weighted by Crippen LogP contribution is 2.34. The molecule has 3 rings (SSSR count). The number of benzene rings is 1. The Morgan fingerprint density at radius 2 is 1.96 bits per heavy atom. The lowest BCUT2D eigenvalue weighted by Crippen LogP contribution is -2.31. The van der Waals surface area contributed by atoms with E-state index in [1.165, 1.54) is 6.42 Å². The number of aromatic amines is 1. The molecule has 23 heavy (non-hydrogen) atoms. The van der Waals surface area contributed by atoms with E-state index in [2.05, 4.69) is 15.1 Å². The number of esters is 1. The Bertz CT molecular complexity index is 676. The third-order valence-electron chi connectivity index (χ3n) is 4.01. The number of nitrogens with zero attached hydrogens (tertiary/aromatic N) is 2. The topological polar surface area (TPSA) is 58.2 Å². The third kappa shape index (κ3) is 3.34. The van der Waals surface area contributed by atoms with E-state index in [0.717, 1.165) is 42.9 Å². The zero-order valence-corrected chi connectivity index (χ0v) is 13.9. The lowest BCUT2D eigenvalue weighted by Gasteiger charge is -2.29. The molecule has 0 aliphatic carbocycles. The predicted octanol–water partition coefficient (Wildman–Crippen LogP) is 3.90. The molecule has 1 fully saturated rings. The second kappa shape index (κ2) is 7.04. The van der Waals surface area contributed by atoms with Gasteiger partial charge in [0, 0.05) is 23.7 Å². The van der Waals surface area contributed by atoms with Crippen LogP contribution in [-0.2, 0) is 4.74 Å². The van der Waals surface area contributed by atoms with Crippen LogP contribution in [0.4, 0.5) is 5.69 Å². The highest BCUT2D eigenvalue weighted by molar-refractivity contribution is 6.30. The second-order valence-corrected chi connectivity index (χ2v) is 6.01. The van der Waals surface area contributed by atoms with Crippen molar-refractivity contribution >= 4 is 23.3 Å². The van der Waals surface area contributed by atoms with Gasteiger partial charge in [-0.05, 0) is 38.3 Å². The van der Waals surface area contributed by atoms with Crippen LogP contribution in [0.25, 0.3) is 11.3 Å². The van der Waals surface area contributed by atoms with Crippen LogP contribution in [-0.4, -0.2) is 35.9 Å². The largest absolute Gasteiger partial charge is 0.461 e. The molecular weight excluding hydrogens is 314 g/mol. The maximum atomic E-state index is 12.3. The summed E-state index contributed by atoms with van der Waals surface area (Å²) >= 11 is 5.97. The number of anilines is 1. The number of carbonyl (C=O) groups is 1. The van der Waals surface area contributed by atoms with Crippen LogP contribution < -0.4 is 4.90 Å². The number of H-pyrrole nitrogens is 1. The van der Waals surface area contributed by atoms with Crippen LogP contribution in [0.15, 0.2) is 24.3 Å². The summed E-state index contributed by atoms with van der Waals surface area (Å²) in [5.41, 5.74) is 2.97. The van der Waals surface area contributed by atoms with E-state index in [0.29, 0.717) is 17.3 Å². The summed E-state index contributed by atoms with van der Waals surface area (Å²) in [7, 11) is 0. The number of aromatic nitrogens is 2. The van der Waals surface area contributed by atoms with E-state index < -0.39 is 0 Å². The summed E-state index contributed by atoms with van der Waals surface area (Å²) in [5, 5.41) is 7.93. The summed E-state index contributed by atoms with van der Waals surface area (Å²) in [6.07, 6.45) is 3.46. The standard InChI is InChI=1S/C17H20ClN3O2/c1-2-23-17(22)15-16(21-10-4-3-5-11-21)14(19-20-15)12-6-8-13(18)9-7-12/h6-9H,2-5,10-11H2,1H3,(H,19,20). The molecule has 1 aromatic carbocycles. The van der Waals surface area contributed by atoms with Gasteiger partial charge in [0.2, 0.25) is 0 Å². The van der Waals surface area contributed by atoms with Gasteiger partial charge in [0.05, 0.1) is 12.3 Å². The fourth-order valence-corrected chi connectivity index (χ4v) is 3.04. The molecule has 0 atom stereocenters. The summed E-state index contributed by atoms with van der Waals surface area (Å²) in [6.45, 7) is 3.99. The molecular formula is C17H20ClN3O2. The molecule has 0 radical (unpaired) electrons. The Kier molecular flexibility index (Phi) is 4.86. The molecule has 2 aromatic rings. The molecule has 1 saturated heterocycles. The maximum absolute atomic E-state index is 12.3.